The fourth-order valence-electron chi connectivity index (χ4n) is 2.39. The summed E-state index contributed by atoms with van der Waals surface area (Å²) in [4.78, 5) is 14.1. The maximum atomic E-state index is 11.8. The van der Waals surface area contributed by atoms with Crippen molar-refractivity contribution in [1.29, 1.82) is 0 Å². The SMILES string of the molecule is CCC(C)NC(=O)CCNc1ccc(N(CC)CC)cc1C. The van der Waals surface area contributed by atoms with Gasteiger partial charge in [-0.1, -0.05) is 6.92 Å². The van der Waals surface area contributed by atoms with E-state index in [9.17, 15) is 4.79 Å². The molecule has 4 nitrogen and oxygen atoms in total. The van der Waals surface area contributed by atoms with Crippen molar-refractivity contribution < 1.29 is 4.79 Å². The summed E-state index contributed by atoms with van der Waals surface area (Å²) in [6.45, 7) is 13.2. The Kier molecular flexibility index (Phi) is 7.78. The van der Waals surface area contributed by atoms with E-state index in [-0.39, 0.29) is 11.9 Å². The number of carbonyl (C=O) groups excluding carboxylic acids is 1. The molecule has 0 aliphatic carbocycles. The van der Waals surface area contributed by atoms with Crippen LogP contribution in [0.25, 0.3) is 0 Å². The summed E-state index contributed by atoms with van der Waals surface area (Å²) >= 11 is 0. The number of aryl methyl sites for hydroxylation is 1. The predicted molar refractivity (Wildman–Crippen MR) is 95.7 cm³/mol. The molecule has 0 saturated carbocycles. The van der Waals surface area contributed by atoms with Gasteiger partial charge in [0.1, 0.15) is 0 Å². The molecule has 0 aromatic heterocycles. The maximum Gasteiger partial charge on any atom is 0.221 e. The van der Waals surface area contributed by atoms with Crippen LogP contribution < -0.4 is 15.5 Å². The molecule has 0 aliphatic rings. The fourth-order valence-corrected chi connectivity index (χ4v) is 2.39. The second kappa shape index (κ2) is 9.34. The monoisotopic (exact) mass is 305 g/mol. The van der Waals surface area contributed by atoms with Crippen molar-refractivity contribution in [2.24, 2.45) is 0 Å². The van der Waals surface area contributed by atoms with Crippen LogP contribution in [-0.2, 0) is 4.79 Å². The highest BCUT2D eigenvalue weighted by atomic mass is 16.1. The molecule has 4 heteroatoms. The van der Waals surface area contributed by atoms with Gasteiger partial charge in [-0.15, -0.1) is 0 Å². The third-order valence-corrected chi connectivity index (χ3v) is 4.03. The molecule has 1 unspecified atom stereocenters. The number of amides is 1. The Morgan fingerprint density at radius 2 is 1.91 bits per heavy atom. The largest absolute Gasteiger partial charge is 0.384 e. The van der Waals surface area contributed by atoms with Gasteiger partial charge in [0.05, 0.1) is 0 Å². The van der Waals surface area contributed by atoms with Gasteiger partial charge in [0, 0.05) is 43.5 Å². The molecule has 0 saturated heterocycles. The first-order valence-corrected chi connectivity index (χ1v) is 8.40. The number of nitrogens with zero attached hydrogens (tertiary/aromatic N) is 1. The molecule has 1 amide bonds. The molecule has 1 rings (SSSR count). The molecular weight excluding hydrogens is 274 g/mol. The van der Waals surface area contributed by atoms with Crippen LogP contribution in [0, 0.1) is 6.92 Å². The Hall–Kier alpha value is -1.71. The van der Waals surface area contributed by atoms with E-state index >= 15 is 0 Å². The number of carbonyl (C=O) groups is 1. The zero-order valence-electron chi connectivity index (χ0n) is 14.7. The lowest BCUT2D eigenvalue weighted by Crippen LogP contribution is -2.33. The van der Waals surface area contributed by atoms with Crippen molar-refractivity contribution in [2.75, 3.05) is 29.9 Å². The molecule has 0 radical (unpaired) electrons. The second-order valence-corrected chi connectivity index (χ2v) is 5.73. The van der Waals surface area contributed by atoms with Crippen molar-refractivity contribution in [1.82, 2.24) is 5.32 Å². The van der Waals surface area contributed by atoms with E-state index in [0.717, 1.165) is 25.2 Å². The van der Waals surface area contributed by atoms with Crippen LogP contribution in [0.3, 0.4) is 0 Å². The molecule has 0 aliphatic heterocycles. The van der Waals surface area contributed by atoms with Crippen molar-refractivity contribution in [2.45, 2.75) is 53.5 Å². The van der Waals surface area contributed by atoms with E-state index < -0.39 is 0 Å². The Morgan fingerprint density at radius 1 is 1.23 bits per heavy atom. The first-order valence-electron chi connectivity index (χ1n) is 8.40. The molecule has 22 heavy (non-hydrogen) atoms. The molecule has 124 valence electrons. The van der Waals surface area contributed by atoms with Crippen LogP contribution in [-0.4, -0.2) is 31.6 Å². The molecule has 0 bridgehead atoms. The first-order chi connectivity index (χ1) is 10.5. The van der Waals surface area contributed by atoms with Gasteiger partial charge in [0.2, 0.25) is 5.91 Å². The number of hydrogen-bond donors (Lipinski definition) is 2. The van der Waals surface area contributed by atoms with Crippen molar-refractivity contribution >= 4 is 17.3 Å². The average molecular weight is 305 g/mol. The topological polar surface area (TPSA) is 44.4 Å². The van der Waals surface area contributed by atoms with Crippen molar-refractivity contribution in [3.05, 3.63) is 23.8 Å². The quantitative estimate of drug-likeness (QED) is 0.733. The summed E-state index contributed by atoms with van der Waals surface area (Å²) < 4.78 is 0. The van der Waals surface area contributed by atoms with Gasteiger partial charge < -0.3 is 15.5 Å². The fraction of sp³-hybridized carbons (Fsp3) is 0.611. The lowest BCUT2D eigenvalue weighted by Gasteiger charge is -2.22. The van der Waals surface area contributed by atoms with Crippen LogP contribution >= 0.6 is 0 Å². The highest BCUT2D eigenvalue weighted by Gasteiger charge is 2.07. The maximum absolute atomic E-state index is 11.8. The minimum absolute atomic E-state index is 0.110. The zero-order chi connectivity index (χ0) is 16.5. The van der Waals surface area contributed by atoms with Gasteiger partial charge in [0.25, 0.3) is 0 Å². The summed E-state index contributed by atoms with van der Waals surface area (Å²) in [7, 11) is 0. The number of anilines is 2. The molecule has 1 aromatic carbocycles. The number of nitrogens with one attached hydrogen (secondary N) is 2. The predicted octanol–water partition coefficient (Wildman–Crippen LogP) is 3.56. The molecule has 1 atom stereocenters. The smallest absolute Gasteiger partial charge is 0.221 e. The molecule has 0 heterocycles. The third kappa shape index (κ3) is 5.58. The van der Waals surface area contributed by atoms with E-state index in [2.05, 4.69) is 61.4 Å². The highest BCUT2D eigenvalue weighted by Crippen LogP contribution is 2.22. The van der Waals surface area contributed by atoms with Crippen molar-refractivity contribution in [3.8, 4) is 0 Å². The molecule has 1 aromatic rings. The summed E-state index contributed by atoms with van der Waals surface area (Å²) in [5, 5.41) is 6.34. The van der Waals surface area contributed by atoms with Crippen LogP contribution in [0.4, 0.5) is 11.4 Å². The van der Waals surface area contributed by atoms with Crippen LogP contribution in [0.2, 0.25) is 0 Å². The second-order valence-electron chi connectivity index (χ2n) is 5.73. The van der Waals surface area contributed by atoms with Crippen LogP contribution in [0.15, 0.2) is 18.2 Å². The van der Waals surface area contributed by atoms with E-state index in [4.69, 9.17) is 0 Å². The highest BCUT2D eigenvalue weighted by molar-refractivity contribution is 5.76. The molecule has 0 fully saturated rings. The molecule has 2 N–H and O–H groups in total. The number of rotatable bonds is 9. The van der Waals surface area contributed by atoms with E-state index in [0.29, 0.717) is 13.0 Å². The van der Waals surface area contributed by atoms with Gasteiger partial charge >= 0.3 is 0 Å². The van der Waals surface area contributed by atoms with Crippen LogP contribution in [0.5, 0.6) is 0 Å². The van der Waals surface area contributed by atoms with Gasteiger partial charge in [-0.2, -0.15) is 0 Å². The lowest BCUT2D eigenvalue weighted by atomic mass is 10.1. The summed E-state index contributed by atoms with van der Waals surface area (Å²) in [5.74, 6) is 0.110. The van der Waals surface area contributed by atoms with Crippen LogP contribution in [0.1, 0.15) is 46.1 Å². The molecular formula is C18H31N3O. The molecule has 0 spiro atoms. The number of benzene rings is 1. The Bertz CT molecular complexity index is 469. The summed E-state index contributed by atoms with van der Waals surface area (Å²) in [5.41, 5.74) is 3.57. The lowest BCUT2D eigenvalue weighted by molar-refractivity contribution is -0.121. The zero-order valence-corrected chi connectivity index (χ0v) is 14.7. The summed E-state index contributed by atoms with van der Waals surface area (Å²) in [6, 6.07) is 6.70. The van der Waals surface area contributed by atoms with E-state index in [1.54, 1.807) is 0 Å². The first kappa shape index (κ1) is 18.3. The third-order valence-electron chi connectivity index (χ3n) is 4.03. The number of hydrogen-bond acceptors (Lipinski definition) is 3. The van der Waals surface area contributed by atoms with Gasteiger partial charge in [-0.3, -0.25) is 4.79 Å². The van der Waals surface area contributed by atoms with E-state index in [1.807, 2.05) is 6.92 Å². The van der Waals surface area contributed by atoms with Crippen molar-refractivity contribution in [3.63, 3.8) is 0 Å². The minimum atomic E-state index is 0.110. The standard InChI is InChI=1S/C18H31N3O/c1-6-15(5)20-18(22)11-12-19-17-10-9-16(13-14(17)4)21(7-2)8-3/h9-10,13,15,19H,6-8,11-12H2,1-5H3,(H,20,22). The Morgan fingerprint density at radius 3 is 2.45 bits per heavy atom. The Balaban J connectivity index is 2.52. The Labute approximate surface area is 135 Å². The van der Waals surface area contributed by atoms with Gasteiger partial charge in [-0.25, -0.2) is 0 Å². The summed E-state index contributed by atoms with van der Waals surface area (Å²) in [6.07, 6.45) is 1.46. The minimum Gasteiger partial charge on any atom is -0.384 e. The van der Waals surface area contributed by atoms with E-state index in [1.165, 1.54) is 11.3 Å². The normalized spacial score (nSPS) is 11.9. The van der Waals surface area contributed by atoms with Gasteiger partial charge in [0.15, 0.2) is 0 Å². The average Bonchev–Trinajstić information content (AvgIpc) is 2.50. The van der Waals surface area contributed by atoms with Gasteiger partial charge in [-0.05, 0) is 57.9 Å².